The van der Waals surface area contributed by atoms with Gasteiger partial charge in [-0.2, -0.15) is 0 Å². The zero-order valence-electron chi connectivity index (χ0n) is 13.0. The fraction of sp³-hybridized carbons (Fsp3) is 0.579. The van der Waals surface area contributed by atoms with Crippen LogP contribution in [0.15, 0.2) is 36.4 Å². The van der Waals surface area contributed by atoms with Gasteiger partial charge in [0.2, 0.25) is 0 Å². The van der Waals surface area contributed by atoms with Crippen LogP contribution in [0.1, 0.15) is 76.3 Å². The van der Waals surface area contributed by atoms with E-state index in [2.05, 4.69) is 51.6 Å². The minimum atomic E-state index is 0.724. The van der Waals surface area contributed by atoms with Crippen LogP contribution in [-0.4, -0.2) is 0 Å². The lowest BCUT2D eigenvalue weighted by Gasteiger charge is -2.13. The lowest BCUT2D eigenvalue weighted by atomic mass is 9.92. The maximum Gasteiger partial charge on any atom is -0.00698 e. The third-order valence-corrected chi connectivity index (χ3v) is 4.02. The molecule has 1 aromatic rings. The smallest absolute Gasteiger partial charge is 0.00698 e. The number of hydrogen-bond donors (Lipinski definition) is 0. The first-order valence-electron chi connectivity index (χ1n) is 7.96. The van der Waals surface area contributed by atoms with Crippen molar-refractivity contribution in [1.29, 1.82) is 0 Å². The third-order valence-electron chi connectivity index (χ3n) is 4.02. The molecule has 0 heteroatoms. The Kier molecular flexibility index (Phi) is 7.55. The molecule has 0 heterocycles. The summed E-state index contributed by atoms with van der Waals surface area (Å²) >= 11 is 0. The van der Waals surface area contributed by atoms with Crippen molar-refractivity contribution in [3.63, 3.8) is 0 Å². The van der Waals surface area contributed by atoms with Gasteiger partial charge in [0.15, 0.2) is 0 Å². The van der Waals surface area contributed by atoms with E-state index in [4.69, 9.17) is 0 Å². The number of rotatable bonds is 9. The number of benzene rings is 1. The SMILES string of the molecule is C=C(CCCCC)Cc1ccc(C(CC)CC)cc1. The molecule has 0 aromatic heterocycles. The van der Waals surface area contributed by atoms with Crippen molar-refractivity contribution in [2.75, 3.05) is 0 Å². The van der Waals surface area contributed by atoms with E-state index in [1.807, 2.05) is 0 Å². The number of unbranched alkanes of at least 4 members (excludes halogenated alkanes) is 2. The standard InChI is InChI=1S/C19H30/c1-5-8-9-10-16(4)15-17-11-13-19(14-12-17)18(6-2)7-3/h11-14,18H,4-10,15H2,1-3H3. The first-order valence-corrected chi connectivity index (χ1v) is 7.96. The fourth-order valence-electron chi connectivity index (χ4n) is 2.67. The van der Waals surface area contributed by atoms with E-state index in [1.54, 1.807) is 0 Å². The molecule has 0 saturated carbocycles. The highest BCUT2D eigenvalue weighted by Gasteiger charge is 2.06. The largest absolute Gasteiger partial charge is 0.0995 e. The van der Waals surface area contributed by atoms with Gasteiger partial charge in [-0.1, -0.05) is 70.0 Å². The van der Waals surface area contributed by atoms with Gasteiger partial charge in [-0.3, -0.25) is 0 Å². The van der Waals surface area contributed by atoms with Crippen LogP contribution >= 0.6 is 0 Å². The molecular weight excluding hydrogens is 228 g/mol. The fourth-order valence-corrected chi connectivity index (χ4v) is 2.67. The van der Waals surface area contributed by atoms with Gasteiger partial charge in [-0.25, -0.2) is 0 Å². The van der Waals surface area contributed by atoms with Gasteiger partial charge in [0, 0.05) is 0 Å². The molecule has 1 rings (SSSR count). The molecule has 0 amide bonds. The lowest BCUT2D eigenvalue weighted by Crippen LogP contribution is -1.96. The van der Waals surface area contributed by atoms with E-state index in [0.29, 0.717) is 0 Å². The summed E-state index contributed by atoms with van der Waals surface area (Å²) in [6.07, 6.45) is 8.61. The van der Waals surface area contributed by atoms with Crippen molar-refractivity contribution in [3.8, 4) is 0 Å². The van der Waals surface area contributed by atoms with Crippen molar-refractivity contribution >= 4 is 0 Å². The van der Waals surface area contributed by atoms with Crippen LogP contribution in [0.2, 0.25) is 0 Å². The Morgan fingerprint density at radius 2 is 1.63 bits per heavy atom. The first-order chi connectivity index (χ1) is 9.21. The summed E-state index contributed by atoms with van der Waals surface area (Å²) in [4.78, 5) is 0. The molecule has 0 radical (unpaired) electrons. The minimum absolute atomic E-state index is 0.724. The van der Waals surface area contributed by atoms with Crippen molar-refractivity contribution in [2.24, 2.45) is 0 Å². The molecule has 0 aliphatic heterocycles. The highest BCUT2D eigenvalue weighted by molar-refractivity contribution is 5.27. The van der Waals surface area contributed by atoms with Crippen LogP contribution in [0.25, 0.3) is 0 Å². The molecule has 0 fully saturated rings. The van der Waals surface area contributed by atoms with Crippen LogP contribution in [0.5, 0.6) is 0 Å². The summed E-state index contributed by atoms with van der Waals surface area (Å²) in [6.45, 7) is 11.0. The molecule has 19 heavy (non-hydrogen) atoms. The van der Waals surface area contributed by atoms with Crippen molar-refractivity contribution in [3.05, 3.63) is 47.5 Å². The van der Waals surface area contributed by atoms with Crippen LogP contribution in [-0.2, 0) is 6.42 Å². The highest BCUT2D eigenvalue weighted by Crippen LogP contribution is 2.23. The zero-order valence-corrected chi connectivity index (χ0v) is 13.0. The van der Waals surface area contributed by atoms with E-state index in [-0.39, 0.29) is 0 Å². The Morgan fingerprint density at radius 3 is 2.16 bits per heavy atom. The molecule has 0 saturated heterocycles. The van der Waals surface area contributed by atoms with Crippen LogP contribution in [0, 0.1) is 0 Å². The van der Waals surface area contributed by atoms with E-state index >= 15 is 0 Å². The molecule has 0 nitrogen and oxygen atoms in total. The van der Waals surface area contributed by atoms with Crippen molar-refractivity contribution in [1.82, 2.24) is 0 Å². The first kappa shape index (κ1) is 16.0. The van der Waals surface area contributed by atoms with Gasteiger partial charge in [-0.15, -0.1) is 0 Å². The van der Waals surface area contributed by atoms with E-state index < -0.39 is 0 Å². The third kappa shape index (κ3) is 5.63. The van der Waals surface area contributed by atoms with Crippen LogP contribution < -0.4 is 0 Å². The molecule has 0 aliphatic rings. The molecule has 0 atom stereocenters. The predicted molar refractivity (Wildman–Crippen MR) is 86.8 cm³/mol. The average Bonchev–Trinajstić information content (AvgIpc) is 2.42. The summed E-state index contributed by atoms with van der Waals surface area (Å²) in [5, 5.41) is 0. The maximum atomic E-state index is 4.21. The maximum absolute atomic E-state index is 4.21. The monoisotopic (exact) mass is 258 g/mol. The summed E-state index contributed by atoms with van der Waals surface area (Å²) in [6, 6.07) is 9.20. The van der Waals surface area contributed by atoms with Crippen LogP contribution in [0.4, 0.5) is 0 Å². The average molecular weight is 258 g/mol. The molecule has 0 aliphatic carbocycles. The predicted octanol–water partition coefficient (Wildman–Crippen LogP) is 6.27. The highest BCUT2D eigenvalue weighted by atomic mass is 14.1. The Balaban J connectivity index is 2.50. The topological polar surface area (TPSA) is 0 Å². The summed E-state index contributed by atoms with van der Waals surface area (Å²) in [5.41, 5.74) is 4.28. The molecule has 106 valence electrons. The van der Waals surface area contributed by atoms with Crippen molar-refractivity contribution in [2.45, 2.75) is 71.6 Å². The van der Waals surface area contributed by atoms with Gasteiger partial charge in [0.1, 0.15) is 0 Å². The van der Waals surface area contributed by atoms with Gasteiger partial charge in [0.25, 0.3) is 0 Å². The second kappa shape index (κ2) is 8.96. The van der Waals surface area contributed by atoms with E-state index in [0.717, 1.165) is 12.3 Å². The molecule has 1 aromatic carbocycles. The summed E-state index contributed by atoms with van der Waals surface area (Å²) < 4.78 is 0. The Hall–Kier alpha value is -1.04. The van der Waals surface area contributed by atoms with Gasteiger partial charge in [0.05, 0.1) is 0 Å². The van der Waals surface area contributed by atoms with E-state index in [9.17, 15) is 0 Å². The van der Waals surface area contributed by atoms with Crippen molar-refractivity contribution < 1.29 is 0 Å². The molecule has 0 bridgehead atoms. The molecule has 0 N–H and O–H groups in total. The van der Waals surface area contributed by atoms with Crippen LogP contribution in [0.3, 0.4) is 0 Å². The molecular formula is C19H30. The second-order valence-electron chi connectivity index (χ2n) is 5.64. The molecule has 0 spiro atoms. The lowest BCUT2D eigenvalue weighted by molar-refractivity contribution is 0.641. The normalized spacial score (nSPS) is 10.9. The Morgan fingerprint density at radius 1 is 1.00 bits per heavy atom. The number of allylic oxidation sites excluding steroid dienone is 1. The Bertz CT molecular complexity index is 354. The number of hydrogen-bond acceptors (Lipinski definition) is 0. The van der Waals surface area contributed by atoms with Gasteiger partial charge in [-0.05, 0) is 49.1 Å². The summed E-state index contributed by atoms with van der Waals surface area (Å²) in [7, 11) is 0. The van der Waals surface area contributed by atoms with Gasteiger partial charge >= 0.3 is 0 Å². The van der Waals surface area contributed by atoms with Gasteiger partial charge < -0.3 is 0 Å². The zero-order chi connectivity index (χ0) is 14.1. The second-order valence-corrected chi connectivity index (χ2v) is 5.64. The minimum Gasteiger partial charge on any atom is -0.0995 e. The molecule has 0 unspecified atom stereocenters. The quantitative estimate of drug-likeness (QED) is 0.362. The Labute approximate surface area is 119 Å². The summed E-state index contributed by atoms with van der Waals surface area (Å²) in [5.74, 6) is 0.724. The van der Waals surface area contributed by atoms with E-state index in [1.165, 1.54) is 55.2 Å².